The van der Waals surface area contributed by atoms with Gasteiger partial charge in [-0.3, -0.25) is 19.4 Å². The Bertz CT molecular complexity index is 1440. The van der Waals surface area contributed by atoms with Gasteiger partial charge in [0.1, 0.15) is 12.1 Å². The molecule has 3 atom stereocenters. The second-order valence-electron chi connectivity index (χ2n) is 11.3. The quantitative estimate of drug-likeness (QED) is 0.450. The SMILES string of the molecule is O=C(NC(CC1CCCCC1)C(=O)N1CCC2C1C(=O)CN2C(=O)Cc1cccnc1)Oc1csc2ccccc12. The summed E-state index contributed by atoms with van der Waals surface area (Å²) in [5.41, 5.74) is 0.785. The third-order valence-electron chi connectivity index (χ3n) is 8.64. The number of ether oxygens (including phenoxy) is 1. The maximum atomic E-state index is 14.0. The van der Waals surface area contributed by atoms with Crippen LogP contribution in [-0.2, 0) is 20.8 Å². The normalized spacial score (nSPS) is 21.6. The molecule has 9 nitrogen and oxygen atoms in total. The van der Waals surface area contributed by atoms with Crippen molar-refractivity contribution < 1.29 is 23.9 Å². The number of hydrogen-bond donors (Lipinski definition) is 1. The monoisotopic (exact) mass is 574 g/mol. The summed E-state index contributed by atoms with van der Waals surface area (Å²) in [6.45, 7) is 0.357. The van der Waals surface area contributed by atoms with Crippen molar-refractivity contribution in [2.75, 3.05) is 13.1 Å². The number of pyridine rings is 1. The molecule has 2 aromatic heterocycles. The standard InChI is InChI=1S/C31H34N4O5S/c36-25-18-35(28(37)16-21-9-6-13-32-17-21)24-12-14-34(29(24)25)30(38)23(15-20-7-2-1-3-8-20)33-31(39)40-26-19-41-27-11-5-4-10-22(26)27/h4-6,9-11,13,17,19-20,23-24,29H,1-3,7-8,12,14-16,18H2,(H,33,39). The van der Waals surface area contributed by atoms with E-state index in [-0.39, 0.29) is 36.6 Å². The van der Waals surface area contributed by atoms with E-state index in [2.05, 4.69) is 10.3 Å². The van der Waals surface area contributed by atoms with Gasteiger partial charge in [0.05, 0.1) is 19.0 Å². The molecule has 214 valence electrons. The zero-order chi connectivity index (χ0) is 28.3. The van der Waals surface area contributed by atoms with Crippen LogP contribution in [0.1, 0.15) is 50.5 Å². The van der Waals surface area contributed by atoms with Crippen molar-refractivity contribution in [3.05, 3.63) is 59.7 Å². The second kappa shape index (κ2) is 12.0. The highest BCUT2D eigenvalue weighted by Gasteiger charge is 2.52. The van der Waals surface area contributed by atoms with Gasteiger partial charge < -0.3 is 19.9 Å². The number of ketones is 1. The maximum absolute atomic E-state index is 14.0. The summed E-state index contributed by atoms with van der Waals surface area (Å²) in [7, 11) is 0. The van der Waals surface area contributed by atoms with Gasteiger partial charge in [0.15, 0.2) is 11.5 Å². The fourth-order valence-electron chi connectivity index (χ4n) is 6.65. The van der Waals surface area contributed by atoms with Crippen molar-refractivity contribution in [2.24, 2.45) is 5.92 Å². The van der Waals surface area contributed by atoms with Crippen molar-refractivity contribution >= 4 is 45.1 Å². The van der Waals surface area contributed by atoms with E-state index in [1.54, 1.807) is 33.6 Å². The molecule has 0 spiro atoms. The number of nitrogens with one attached hydrogen (secondary N) is 1. The number of hydrogen-bond acceptors (Lipinski definition) is 7. The molecule has 4 heterocycles. The van der Waals surface area contributed by atoms with Crippen molar-refractivity contribution in [1.29, 1.82) is 0 Å². The Kier molecular flexibility index (Phi) is 8.00. The van der Waals surface area contributed by atoms with E-state index >= 15 is 0 Å². The number of fused-ring (bicyclic) bond motifs is 2. The molecule has 3 aliphatic rings. The molecular formula is C31H34N4O5S. The van der Waals surface area contributed by atoms with Crippen LogP contribution in [0.5, 0.6) is 5.75 Å². The molecule has 3 amide bonds. The van der Waals surface area contributed by atoms with Crippen LogP contribution in [0, 0.1) is 5.92 Å². The molecule has 2 saturated heterocycles. The van der Waals surface area contributed by atoms with Gasteiger partial charge >= 0.3 is 6.09 Å². The zero-order valence-electron chi connectivity index (χ0n) is 22.9. The molecule has 1 N–H and O–H groups in total. The van der Waals surface area contributed by atoms with Crippen molar-refractivity contribution in [2.45, 2.75) is 69.5 Å². The average molecular weight is 575 g/mol. The molecule has 41 heavy (non-hydrogen) atoms. The van der Waals surface area contributed by atoms with E-state index in [1.165, 1.54) is 17.8 Å². The third-order valence-corrected chi connectivity index (χ3v) is 9.58. The topological polar surface area (TPSA) is 109 Å². The Hall–Kier alpha value is -3.79. The molecule has 3 aromatic rings. The van der Waals surface area contributed by atoms with Crippen molar-refractivity contribution in [3.8, 4) is 5.75 Å². The minimum absolute atomic E-state index is 0.00774. The Morgan fingerprint density at radius 1 is 1.05 bits per heavy atom. The molecule has 3 fully saturated rings. The average Bonchev–Trinajstić information content (AvgIpc) is 3.69. The first-order valence-electron chi connectivity index (χ1n) is 14.4. The summed E-state index contributed by atoms with van der Waals surface area (Å²) in [5.74, 6) is 0.225. The van der Waals surface area contributed by atoms with Gasteiger partial charge in [-0.2, -0.15) is 0 Å². The molecule has 6 rings (SSSR count). The molecule has 3 unspecified atom stereocenters. The first-order valence-corrected chi connectivity index (χ1v) is 15.3. The predicted molar refractivity (Wildman–Crippen MR) is 155 cm³/mol. The minimum Gasteiger partial charge on any atom is -0.409 e. The van der Waals surface area contributed by atoms with E-state index in [4.69, 9.17) is 4.74 Å². The van der Waals surface area contributed by atoms with Crippen LogP contribution < -0.4 is 10.1 Å². The van der Waals surface area contributed by atoms with Gasteiger partial charge in [-0.05, 0) is 42.5 Å². The predicted octanol–water partition coefficient (Wildman–Crippen LogP) is 4.35. The van der Waals surface area contributed by atoms with Crippen LogP contribution >= 0.6 is 11.3 Å². The number of carbonyl (C=O) groups excluding carboxylic acids is 4. The van der Waals surface area contributed by atoms with Gasteiger partial charge in [0.2, 0.25) is 11.8 Å². The van der Waals surface area contributed by atoms with E-state index in [1.807, 2.05) is 30.3 Å². The molecule has 10 heteroatoms. The van der Waals surface area contributed by atoms with Gasteiger partial charge in [0.25, 0.3) is 0 Å². The molecule has 1 saturated carbocycles. The molecular weight excluding hydrogens is 540 g/mol. The lowest BCUT2D eigenvalue weighted by molar-refractivity contribution is -0.138. The first kappa shape index (κ1) is 27.4. The highest BCUT2D eigenvalue weighted by molar-refractivity contribution is 7.17. The van der Waals surface area contributed by atoms with Gasteiger partial charge in [-0.15, -0.1) is 11.3 Å². The Balaban J connectivity index is 1.16. The first-order chi connectivity index (χ1) is 20.0. The Morgan fingerprint density at radius 3 is 2.68 bits per heavy atom. The lowest BCUT2D eigenvalue weighted by atomic mass is 9.84. The van der Waals surface area contributed by atoms with E-state index < -0.39 is 18.2 Å². The summed E-state index contributed by atoms with van der Waals surface area (Å²) in [4.78, 5) is 60.7. The highest BCUT2D eigenvalue weighted by atomic mass is 32.1. The highest BCUT2D eigenvalue weighted by Crippen LogP contribution is 2.34. The molecule has 0 bridgehead atoms. The van der Waals surface area contributed by atoms with Gasteiger partial charge in [0, 0.05) is 34.4 Å². The third kappa shape index (κ3) is 5.84. The number of rotatable bonds is 7. The number of amides is 3. The lowest BCUT2D eigenvalue weighted by Crippen LogP contribution is -2.53. The number of benzene rings is 1. The number of nitrogens with zero attached hydrogens (tertiary/aromatic N) is 3. The largest absolute Gasteiger partial charge is 0.413 e. The van der Waals surface area contributed by atoms with E-state index in [9.17, 15) is 19.2 Å². The van der Waals surface area contributed by atoms with E-state index in [0.29, 0.717) is 31.1 Å². The molecule has 0 radical (unpaired) electrons. The fourth-order valence-corrected chi connectivity index (χ4v) is 7.51. The lowest BCUT2D eigenvalue weighted by Gasteiger charge is -2.31. The smallest absolute Gasteiger partial charge is 0.409 e. The number of likely N-dealkylation sites (tertiary alicyclic amines) is 2. The van der Waals surface area contributed by atoms with Crippen LogP contribution in [-0.4, -0.2) is 69.7 Å². The number of Topliss-reactive ketones (excluding diaryl/α,β-unsaturated/α-hetero) is 1. The zero-order valence-corrected chi connectivity index (χ0v) is 23.7. The van der Waals surface area contributed by atoms with E-state index in [0.717, 1.165) is 41.3 Å². The molecule has 1 aliphatic carbocycles. The second-order valence-corrected chi connectivity index (χ2v) is 12.2. The van der Waals surface area contributed by atoms with Gasteiger partial charge in [-0.1, -0.05) is 50.3 Å². The van der Waals surface area contributed by atoms with Crippen LogP contribution in [0.15, 0.2) is 54.2 Å². The summed E-state index contributed by atoms with van der Waals surface area (Å²) < 4.78 is 6.69. The van der Waals surface area contributed by atoms with Crippen LogP contribution in [0.2, 0.25) is 0 Å². The van der Waals surface area contributed by atoms with Crippen LogP contribution in [0.25, 0.3) is 10.1 Å². The Labute approximate surface area is 242 Å². The summed E-state index contributed by atoms with van der Waals surface area (Å²) in [6.07, 6.45) is 9.24. The molecule has 1 aromatic carbocycles. The fraction of sp³-hybridized carbons (Fsp3) is 0.452. The Morgan fingerprint density at radius 2 is 1.88 bits per heavy atom. The number of carbonyl (C=O) groups is 4. The van der Waals surface area contributed by atoms with Gasteiger partial charge in [-0.25, -0.2) is 4.79 Å². The molecule has 2 aliphatic heterocycles. The number of thiophene rings is 1. The number of aromatic nitrogens is 1. The van der Waals surface area contributed by atoms with Crippen LogP contribution in [0.3, 0.4) is 0 Å². The van der Waals surface area contributed by atoms with Crippen LogP contribution in [0.4, 0.5) is 4.79 Å². The minimum atomic E-state index is -0.804. The maximum Gasteiger partial charge on any atom is 0.413 e. The summed E-state index contributed by atoms with van der Waals surface area (Å²) in [5, 5.41) is 5.50. The summed E-state index contributed by atoms with van der Waals surface area (Å²) in [6, 6.07) is 9.46. The van der Waals surface area contributed by atoms with Crippen molar-refractivity contribution in [3.63, 3.8) is 0 Å². The van der Waals surface area contributed by atoms with Crippen molar-refractivity contribution in [1.82, 2.24) is 20.1 Å². The summed E-state index contributed by atoms with van der Waals surface area (Å²) >= 11 is 1.49.